The third-order valence-corrected chi connectivity index (χ3v) is 6.68. The summed E-state index contributed by atoms with van der Waals surface area (Å²) in [6.45, 7) is 3.11. The number of ether oxygens (including phenoxy) is 1. The van der Waals surface area contributed by atoms with Crippen LogP contribution in [-0.2, 0) is 9.59 Å². The van der Waals surface area contributed by atoms with Crippen LogP contribution in [0.25, 0.3) is 6.08 Å². The number of methoxy groups -OCH3 is 1. The van der Waals surface area contributed by atoms with Crippen molar-refractivity contribution in [1.82, 2.24) is 4.98 Å². The second-order valence-electron chi connectivity index (χ2n) is 7.69. The largest absolute Gasteiger partial charge is 0.503 e. The van der Waals surface area contributed by atoms with Gasteiger partial charge >= 0.3 is 0 Å². The number of carbonyl (C=O) groups is 3. The molecule has 3 aromatic rings. The summed E-state index contributed by atoms with van der Waals surface area (Å²) in [7, 11) is 1.52. The zero-order valence-corrected chi connectivity index (χ0v) is 19.6. The van der Waals surface area contributed by atoms with Crippen LogP contribution in [0.15, 0.2) is 72.0 Å². The van der Waals surface area contributed by atoms with Crippen molar-refractivity contribution in [3.05, 3.63) is 93.7 Å². The molecule has 4 rings (SSSR count). The molecule has 0 fully saturated rings. The molecule has 1 amide bonds. The monoisotopic (exact) mass is 474 g/mol. The van der Waals surface area contributed by atoms with Crippen molar-refractivity contribution in [2.45, 2.75) is 19.9 Å². The first-order valence-corrected chi connectivity index (χ1v) is 11.3. The van der Waals surface area contributed by atoms with Crippen LogP contribution in [0.5, 0.6) is 5.75 Å². The van der Waals surface area contributed by atoms with E-state index >= 15 is 0 Å². The summed E-state index contributed by atoms with van der Waals surface area (Å²) in [5.74, 6) is -1.56. The highest BCUT2D eigenvalue weighted by Crippen LogP contribution is 2.43. The number of aromatic nitrogens is 1. The molecule has 1 unspecified atom stereocenters. The Balaban J connectivity index is 1.82. The number of amides is 1. The van der Waals surface area contributed by atoms with Crippen LogP contribution < -0.4 is 9.64 Å². The van der Waals surface area contributed by atoms with Crippen LogP contribution in [0.4, 0.5) is 5.13 Å². The highest BCUT2D eigenvalue weighted by Gasteiger charge is 2.45. The van der Waals surface area contributed by atoms with Gasteiger partial charge in [0.1, 0.15) is 5.75 Å². The number of Topliss-reactive ketones (excluding diaryl/α,β-unsaturated/α-hetero) is 1. The summed E-state index contributed by atoms with van der Waals surface area (Å²) in [6, 6.07) is 15.2. The molecule has 1 aliphatic rings. The fourth-order valence-electron chi connectivity index (χ4n) is 3.82. The summed E-state index contributed by atoms with van der Waals surface area (Å²) in [5.41, 5.74) is 1.78. The molecule has 0 saturated carbocycles. The molecular weight excluding hydrogens is 452 g/mol. The van der Waals surface area contributed by atoms with E-state index < -0.39 is 23.5 Å². The van der Waals surface area contributed by atoms with Crippen LogP contribution in [0.1, 0.15) is 39.5 Å². The highest BCUT2D eigenvalue weighted by molar-refractivity contribution is 7.17. The van der Waals surface area contributed by atoms with E-state index in [0.717, 1.165) is 16.9 Å². The first-order valence-electron chi connectivity index (χ1n) is 10.5. The van der Waals surface area contributed by atoms with Crippen LogP contribution >= 0.6 is 11.3 Å². The SMILES string of the molecule is COc1cccc(C2C(C(=O)C=Cc3ccccc3)=C(O)C(=O)N2c2nc(C)c(C(C)=O)s2)c1. The minimum atomic E-state index is -0.944. The Bertz CT molecular complexity index is 1340. The molecule has 1 aromatic heterocycles. The molecular formula is C26H22N2O5S. The third-order valence-electron chi connectivity index (χ3n) is 5.42. The van der Waals surface area contributed by atoms with Gasteiger partial charge in [0.15, 0.2) is 22.5 Å². The van der Waals surface area contributed by atoms with Crippen LogP contribution in [0.2, 0.25) is 0 Å². The Hall–Kier alpha value is -4.04. The smallest absolute Gasteiger partial charge is 0.296 e. The van der Waals surface area contributed by atoms with Gasteiger partial charge in [-0.05, 0) is 36.3 Å². The van der Waals surface area contributed by atoms with E-state index in [1.54, 1.807) is 37.3 Å². The number of thiazole rings is 1. The summed E-state index contributed by atoms with van der Waals surface area (Å²) in [5, 5.41) is 11.0. The topological polar surface area (TPSA) is 96.8 Å². The standard InChI is InChI=1S/C26H22N2O5S/c1-15-24(16(2)29)34-26(27-15)28-22(18-10-7-11-19(14-18)33-3)21(23(31)25(28)32)20(30)13-12-17-8-5-4-6-9-17/h4-14,22,31H,1-3H3. The zero-order chi connectivity index (χ0) is 24.4. The molecule has 0 aliphatic carbocycles. The van der Waals surface area contributed by atoms with E-state index in [1.165, 1.54) is 25.0 Å². The third kappa shape index (κ3) is 4.27. The summed E-state index contributed by atoms with van der Waals surface area (Å²) in [6.07, 6.45) is 2.96. The Labute approximate surface area is 200 Å². The molecule has 0 spiro atoms. The molecule has 1 atom stereocenters. The van der Waals surface area contributed by atoms with E-state index in [4.69, 9.17) is 4.74 Å². The van der Waals surface area contributed by atoms with Gasteiger partial charge in [-0.25, -0.2) is 4.98 Å². The average Bonchev–Trinajstić information content (AvgIpc) is 3.35. The Kier molecular flexibility index (Phi) is 6.43. The fourth-order valence-corrected chi connectivity index (χ4v) is 4.81. The van der Waals surface area contributed by atoms with Crippen molar-refractivity contribution in [1.29, 1.82) is 0 Å². The number of aryl methyl sites for hydroxylation is 1. The number of benzene rings is 2. The minimum Gasteiger partial charge on any atom is -0.503 e. The number of hydrogen-bond acceptors (Lipinski definition) is 7. The van der Waals surface area contributed by atoms with Crippen LogP contribution in [-0.4, -0.2) is 34.7 Å². The normalized spacial score (nSPS) is 15.9. The molecule has 172 valence electrons. The molecule has 0 saturated heterocycles. The number of allylic oxidation sites excluding steroid dienone is 1. The number of ketones is 2. The lowest BCUT2D eigenvalue weighted by molar-refractivity contribution is -0.117. The number of aliphatic hydroxyl groups excluding tert-OH is 1. The second kappa shape index (κ2) is 9.44. The van der Waals surface area contributed by atoms with Crippen molar-refractivity contribution >= 4 is 40.0 Å². The molecule has 8 heteroatoms. The van der Waals surface area contributed by atoms with Gasteiger partial charge in [0.2, 0.25) is 0 Å². The maximum atomic E-state index is 13.3. The average molecular weight is 475 g/mol. The van der Waals surface area contributed by atoms with E-state index in [0.29, 0.717) is 21.9 Å². The molecule has 0 bridgehead atoms. The fraction of sp³-hybridized carbons (Fsp3) is 0.154. The Morgan fingerprint density at radius 3 is 2.53 bits per heavy atom. The number of nitrogens with zero attached hydrogens (tertiary/aromatic N) is 2. The summed E-state index contributed by atoms with van der Waals surface area (Å²) >= 11 is 1.05. The maximum Gasteiger partial charge on any atom is 0.296 e. The number of carbonyl (C=O) groups excluding carboxylic acids is 3. The first-order chi connectivity index (χ1) is 16.3. The van der Waals surface area contributed by atoms with Gasteiger partial charge in [-0.2, -0.15) is 0 Å². The Morgan fingerprint density at radius 1 is 1.15 bits per heavy atom. The van der Waals surface area contributed by atoms with Gasteiger partial charge in [0, 0.05) is 6.92 Å². The predicted molar refractivity (Wildman–Crippen MR) is 130 cm³/mol. The molecule has 0 radical (unpaired) electrons. The lowest BCUT2D eigenvalue weighted by atomic mass is 9.95. The van der Waals surface area contributed by atoms with Crippen molar-refractivity contribution in [2.75, 3.05) is 12.0 Å². The molecule has 2 aromatic carbocycles. The van der Waals surface area contributed by atoms with Gasteiger partial charge < -0.3 is 9.84 Å². The zero-order valence-electron chi connectivity index (χ0n) is 18.8. The summed E-state index contributed by atoms with van der Waals surface area (Å²) < 4.78 is 5.33. The second-order valence-corrected chi connectivity index (χ2v) is 8.67. The lowest BCUT2D eigenvalue weighted by Crippen LogP contribution is -2.30. The van der Waals surface area contributed by atoms with E-state index in [2.05, 4.69) is 4.98 Å². The van der Waals surface area contributed by atoms with Gasteiger partial charge in [-0.3, -0.25) is 19.3 Å². The van der Waals surface area contributed by atoms with Crippen molar-refractivity contribution < 1.29 is 24.2 Å². The molecule has 7 nitrogen and oxygen atoms in total. The van der Waals surface area contributed by atoms with Crippen LogP contribution in [0, 0.1) is 6.92 Å². The van der Waals surface area contributed by atoms with Crippen LogP contribution in [0.3, 0.4) is 0 Å². The minimum absolute atomic E-state index is 0.0670. The van der Waals surface area contributed by atoms with E-state index in [1.807, 2.05) is 30.3 Å². The van der Waals surface area contributed by atoms with Gasteiger partial charge in [-0.1, -0.05) is 59.9 Å². The number of aliphatic hydroxyl groups is 1. The van der Waals surface area contributed by atoms with Gasteiger partial charge in [-0.15, -0.1) is 0 Å². The van der Waals surface area contributed by atoms with E-state index in [-0.39, 0.29) is 16.5 Å². The molecule has 2 heterocycles. The van der Waals surface area contributed by atoms with Gasteiger partial charge in [0.25, 0.3) is 5.91 Å². The van der Waals surface area contributed by atoms with Crippen molar-refractivity contribution in [3.8, 4) is 5.75 Å². The summed E-state index contributed by atoms with van der Waals surface area (Å²) in [4.78, 5) is 44.6. The van der Waals surface area contributed by atoms with Crippen molar-refractivity contribution in [3.63, 3.8) is 0 Å². The number of anilines is 1. The molecule has 34 heavy (non-hydrogen) atoms. The quantitative estimate of drug-likeness (QED) is 0.389. The molecule has 1 aliphatic heterocycles. The maximum absolute atomic E-state index is 13.3. The molecule has 1 N–H and O–H groups in total. The predicted octanol–water partition coefficient (Wildman–Crippen LogP) is 4.85. The van der Waals surface area contributed by atoms with Gasteiger partial charge in [0.05, 0.1) is 29.3 Å². The van der Waals surface area contributed by atoms with E-state index in [9.17, 15) is 19.5 Å². The number of hydrogen-bond donors (Lipinski definition) is 1. The number of rotatable bonds is 7. The Morgan fingerprint density at radius 2 is 1.88 bits per heavy atom. The highest BCUT2D eigenvalue weighted by atomic mass is 32.1. The lowest BCUT2D eigenvalue weighted by Gasteiger charge is -2.24. The first kappa shape index (κ1) is 23.1. The van der Waals surface area contributed by atoms with Crippen molar-refractivity contribution in [2.24, 2.45) is 0 Å².